The van der Waals surface area contributed by atoms with Crippen molar-refractivity contribution in [2.24, 2.45) is 0 Å². The topological polar surface area (TPSA) is 51.8 Å². The molecule has 6 heteroatoms. The smallest absolute Gasteiger partial charge is 0.213 e. The van der Waals surface area contributed by atoms with E-state index in [1.54, 1.807) is 27.4 Å². The van der Waals surface area contributed by atoms with E-state index in [0.29, 0.717) is 5.75 Å². The van der Waals surface area contributed by atoms with Crippen molar-refractivity contribution in [2.75, 3.05) is 21.3 Å². The summed E-state index contributed by atoms with van der Waals surface area (Å²) < 4.78 is 18.5. The van der Waals surface area contributed by atoms with Crippen molar-refractivity contribution in [1.29, 1.82) is 0 Å². The van der Waals surface area contributed by atoms with E-state index in [4.69, 9.17) is 14.2 Å². The van der Waals surface area contributed by atoms with Crippen LogP contribution < -0.4 is 42.8 Å². The maximum Gasteiger partial charge on any atom is 0.213 e. The summed E-state index contributed by atoms with van der Waals surface area (Å²) in [7, 11) is 4.87. The zero-order valence-corrected chi connectivity index (χ0v) is 17.0. The van der Waals surface area contributed by atoms with Crippen LogP contribution in [0.25, 0.3) is 22.0 Å². The van der Waals surface area contributed by atoms with E-state index in [0.717, 1.165) is 52.1 Å². The molecule has 1 aliphatic rings. The van der Waals surface area contributed by atoms with E-state index in [2.05, 4.69) is 16.8 Å². The lowest BCUT2D eigenvalue weighted by molar-refractivity contribution is -0.686. The number of hydrogen-bond acceptors (Lipinski definition) is 4. The molecule has 0 atom stereocenters. The molecule has 1 aliphatic heterocycles. The van der Waals surface area contributed by atoms with Gasteiger partial charge in [-0.15, -0.1) is 0 Å². The van der Waals surface area contributed by atoms with Crippen LogP contribution in [-0.4, -0.2) is 26.4 Å². The second-order valence-electron chi connectivity index (χ2n) is 6.09. The van der Waals surface area contributed by atoms with Crippen LogP contribution in [0, 0.1) is 0 Å². The average molecular weight is 465 g/mol. The molecule has 0 radical (unpaired) electrons. The molecule has 26 heavy (non-hydrogen) atoms. The highest BCUT2D eigenvalue weighted by Gasteiger charge is 2.26. The fraction of sp³-hybridized carbons (Fsp3) is 0.250. The van der Waals surface area contributed by atoms with E-state index in [1.807, 2.05) is 18.2 Å². The molecule has 0 bridgehead atoms. The van der Waals surface area contributed by atoms with Crippen LogP contribution in [0.5, 0.6) is 23.0 Å². The molecule has 0 unspecified atom stereocenters. The third kappa shape index (κ3) is 2.82. The highest BCUT2D eigenvalue weighted by atomic mass is 127. The third-order valence-electron chi connectivity index (χ3n) is 4.81. The van der Waals surface area contributed by atoms with E-state index < -0.39 is 0 Å². The van der Waals surface area contributed by atoms with Crippen molar-refractivity contribution < 1.29 is 47.9 Å². The largest absolute Gasteiger partial charge is 1.00 e. The van der Waals surface area contributed by atoms with Gasteiger partial charge < -0.3 is 43.3 Å². The molecule has 0 saturated heterocycles. The first kappa shape index (κ1) is 18.6. The van der Waals surface area contributed by atoms with Crippen LogP contribution in [0.1, 0.15) is 5.56 Å². The lowest BCUT2D eigenvalue weighted by Crippen LogP contribution is -3.00. The number of nitrogens with zero attached hydrogens (tertiary/aromatic N) is 1. The van der Waals surface area contributed by atoms with Crippen molar-refractivity contribution in [1.82, 2.24) is 0 Å². The average Bonchev–Trinajstić information content (AvgIpc) is 2.64. The molecular formula is C20H20INO4. The number of rotatable bonds is 3. The van der Waals surface area contributed by atoms with Gasteiger partial charge in [0, 0.05) is 12.5 Å². The summed E-state index contributed by atoms with van der Waals surface area (Å²) in [5.74, 6) is 2.13. The molecule has 0 amide bonds. The van der Waals surface area contributed by atoms with Crippen molar-refractivity contribution in [3.05, 3.63) is 42.1 Å². The van der Waals surface area contributed by atoms with Crippen molar-refractivity contribution in [3.8, 4) is 34.3 Å². The Bertz CT molecular complexity index is 987. The van der Waals surface area contributed by atoms with E-state index >= 15 is 0 Å². The number of fused-ring (bicyclic) bond motifs is 4. The quantitative estimate of drug-likeness (QED) is 0.440. The highest BCUT2D eigenvalue weighted by Crippen LogP contribution is 2.39. The first-order chi connectivity index (χ1) is 12.2. The van der Waals surface area contributed by atoms with Gasteiger partial charge in [-0.3, -0.25) is 0 Å². The van der Waals surface area contributed by atoms with Crippen molar-refractivity contribution in [3.63, 3.8) is 0 Å². The van der Waals surface area contributed by atoms with E-state index in [1.165, 1.54) is 0 Å². The number of aryl methyl sites for hydroxylation is 2. The number of benzene rings is 2. The van der Waals surface area contributed by atoms with Crippen LogP contribution in [0.3, 0.4) is 0 Å². The monoisotopic (exact) mass is 465 g/mol. The molecule has 5 nitrogen and oxygen atoms in total. The standard InChI is InChI=1S/C20H19NO4.HI/c1-23-18-5-4-12-8-16-14-10-19(24-2)17(22)9-13(14)6-7-21(16)11-15(12)20(18)25-3;/h4-5,8-11H,6-7H2,1-3H3;1H. The number of aromatic hydroxyl groups is 1. The Kier molecular flexibility index (Phi) is 5.13. The Morgan fingerprint density at radius 1 is 0.962 bits per heavy atom. The molecule has 0 aliphatic carbocycles. The number of phenols is 1. The predicted octanol–water partition coefficient (Wildman–Crippen LogP) is 0.0858. The fourth-order valence-corrected chi connectivity index (χ4v) is 3.56. The van der Waals surface area contributed by atoms with Gasteiger partial charge in [-0.25, -0.2) is 0 Å². The van der Waals surface area contributed by atoms with Crippen molar-refractivity contribution in [2.45, 2.75) is 13.0 Å². The zero-order valence-electron chi connectivity index (χ0n) is 14.9. The lowest BCUT2D eigenvalue weighted by Gasteiger charge is -2.18. The Morgan fingerprint density at radius 3 is 2.42 bits per heavy atom. The summed E-state index contributed by atoms with van der Waals surface area (Å²) in [5.41, 5.74) is 3.30. The molecular weight excluding hydrogens is 445 g/mol. The Balaban J connectivity index is 0.00000196. The van der Waals surface area contributed by atoms with Gasteiger partial charge in [0.05, 0.1) is 32.3 Å². The van der Waals surface area contributed by atoms with Gasteiger partial charge in [0.1, 0.15) is 0 Å². The molecule has 3 aromatic rings. The fourth-order valence-electron chi connectivity index (χ4n) is 3.56. The van der Waals surface area contributed by atoms with E-state index in [9.17, 15) is 5.11 Å². The highest BCUT2D eigenvalue weighted by molar-refractivity contribution is 5.91. The molecule has 0 saturated carbocycles. The summed E-state index contributed by atoms with van der Waals surface area (Å²) in [6, 6.07) is 9.80. The summed E-state index contributed by atoms with van der Waals surface area (Å²) in [6.45, 7) is 0.838. The number of aromatic nitrogens is 1. The second-order valence-corrected chi connectivity index (χ2v) is 6.09. The molecule has 2 aromatic carbocycles. The number of hydrogen-bond donors (Lipinski definition) is 1. The minimum Gasteiger partial charge on any atom is -1.00 e. The second kappa shape index (κ2) is 7.19. The Hall–Kier alpha value is -2.22. The Morgan fingerprint density at radius 2 is 1.73 bits per heavy atom. The van der Waals surface area contributed by atoms with Gasteiger partial charge >= 0.3 is 0 Å². The summed E-state index contributed by atoms with van der Waals surface area (Å²) in [5, 5.41) is 12.1. The van der Waals surface area contributed by atoms with Gasteiger partial charge in [0.15, 0.2) is 35.7 Å². The van der Waals surface area contributed by atoms with Crippen LogP contribution in [0.4, 0.5) is 0 Å². The molecule has 1 aromatic heterocycles. The number of methoxy groups -OCH3 is 3. The van der Waals surface area contributed by atoms with Gasteiger partial charge in [-0.05, 0) is 35.2 Å². The molecule has 4 rings (SSSR count). The van der Waals surface area contributed by atoms with Crippen LogP contribution in [-0.2, 0) is 13.0 Å². The molecule has 2 heterocycles. The third-order valence-corrected chi connectivity index (χ3v) is 4.81. The predicted molar refractivity (Wildman–Crippen MR) is 94.6 cm³/mol. The maximum absolute atomic E-state index is 10.1. The minimum absolute atomic E-state index is 0. The first-order valence-electron chi connectivity index (χ1n) is 8.14. The summed E-state index contributed by atoms with van der Waals surface area (Å²) in [4.78, 5) is 0. The normalized spacial score (nSPS) is 12.0. The number of halogens is 1. The minimum atomic E-state index is 0. The van der Waals surface area contributed by atoms with Gasteiger partial charge in [0.2, 0.25) is 5.69 Å². The first-order valence-corrected chi connectivity index (χ1v) is 8.14. The summed E-state index contributed by atoms with van der Waals surface area (Å²) in [6.07, 6.45) is 2.95. The van der Waals surface area contributed by atoms with Crippen LogP contribution in [0.2, 0.25) is 0 Å². The number of phenolic OH excluding ortho intramolecular Hbond substituents is 1. The zero-order chi connectivity index (χ0) is 17.6. The SMILES string of the molecule is COc1cc2c(cc1O)CC[n+]1cc3c(OC)c(OC)ccc3cc1-2.[I-]. The molecule has 0 spiro atoms. The summed E-state index contributed by atoms with van der Waals surface area (Å²) >= 11 is 0. The van der Waals surface area contributed by atoms with Gasteiger partial charge in [-0.2, -0.15) is 4.57 Å². The lowest BCUT2D eigenvalue weighted by atomic mass is 9.95. The van der Waals surface area contributed by atoms with E-state index in [-0.39, 0.29) is 29.7 Å². The molecule has 1 N–H and O–H groups in total. The van der Waals surface area contributed by atoms with Crippen LogP contribution in [0.15, 0.2) is 36.5 Å². The van der Waals surface area contributed by atoms with Crippen molar-refractivity contribution >= 4 is 10.8 Å². The van der Waals surface area contributed by atoms with Gasteiger partial charge in [-0.1, -0.05) is 0 Å². The molecule has 136 valence electrons. The van der Waals surface area contributed by atoms with Gasteiger partial charge in [0.25, 0.3) is 0 Å². The Labute approximate surface area is 169 Å². The number of ether oxygens (including phenoxy) is 3. The number of pyridine rings is 1. The van der Waals surface area contributed by atoms with Crippen LogP contribution >= 0.6 is 0 Å². The maximum atomic E-state index is 10.1. The molecule has 0 fully saturated rings.